The van der Waals surface area contributed by atoms with Crippen LogP contribution in [0.2, 0.25) is 0 Å². The first-order chi connectivity index (χ1) is 29.5. The van der Waals surface area contributed by atoms with E-state index in [0.717, 1.165) is 16.6 Å². The van der Waals surface area contributed by atoms with E-state index in [9.17, 15) is 0 Å². The summed E-state index contributed by atoms with van der Waals surface area (Å²) in [6.07, 6.45) is 0. The van der Waals surface area contributed by atoms with E-state index in [-0.39, 0.29) is 39.3 Å². The average molecular weight is 847 g/mol. The number of hydrogen-bond donors (Lipinski definition) is 0. The molecule has 4 heteroatoms. The van der Waals surface area contributed by atoms with Crippen molar-refractivity contribution in [2.45, 2.75) is 157 Å². The first kappa shape index (κ1) is 44.0. The molecule has 0 atom stereocenters. The van der Waals surface area contributed by atoms with Crippen molar-refractivity contribution in [1.82, 2.24) is 0 Å². The van der Waals surface area contributed by atoms with Gasteiger partial charge in [0.25, 0.3) is 0 Å². The van der Waals surface area contributed by atoms with Crippen molar-refractivity contribution in [3.05, 3.63) is 137 Å². The number of nitrogens with zero attached hydrogens (tertiary/aromatic N) is 2. The Balaban J connectivity index is 1.50. The van der Waals surface area contributed by atoms with Crippen molar-refractivity contribution >= 4 is 68.1 Å². The summed E-state index contributed by atoms with van der Waals surface area (Å²) in [5, 5.41) is 2.33. The van der Waals surface area contributed by atoms with E-state index in [4.69, 9.17) is 4.42 Å². The number of hydrogen-bond acceptors (Lipinski definition) is 3. The zero-order chi connectivity index (χ0) is 46.4. The lowest BCUT2D eigenvalue weighted by Crippen LogP contribution is -2.61. The Kier molecular flexibility index (Phi) is 9.72. The van der Waals surface area contributed by atoms with E-state index in [1.807, 2.05) is 0 Å². The summed E-state index contributed by atoms with van der Waals surface area (Å²) in [6.45, 7) is 41.8. The van der Waals surface area contributed by atoms with Crippen molar-refractivity contribution in [3.8, 4) is 11.1 Å². The molecule has 0 saturated carbocycles. The predicted molar refractivity (Wildman–Crippen MR) is 280 cm³/mol. The van der Waals surface area contributed by atoms with Gasteiger partial charge in [0.2, 0.25) is 0 Å². The Morgan fingerprint density at radius 2 is 0.891 bits per heavy atom. The van der Waals surface area contributed by atoms with Crippen LogP contribution in [0.1, 0.15) is 158 Å². The molecule has 0 amide bonds. The highest BCUT2D eigenvalue weighted by molar-refractivity contribution is 6.94. The minimum absolute atomic E-state index is 0.0202. The summed E-state index contributed by atoms with van der Waals surface area (Å²) in [4.78, 5) is 5.28. The Labute approximate surface area is 385 Å². The van der Waals surface area contributed by atoms with Crippen LogP contribution in [0.25, 0.3) is 33.1 Å². The second-order valence-corrected chi connectivity index (χ2v) is 25.3. The van der Waals surface area contributed by atoms with E-state index in [0.29, 0.717) is 0 Å². The molecule has 0 N–H and O–H groups in total. The predicted octanol–water partition coefficient (Wildman–Crippen LogP) is 16.1. The molecule has 0 bridgehead atoms. The van der Waals surface area contributed by atoms with Gasteiger partial charge in [-0.05, 0) is 137 Å². The first-order valence-corrected chi connectivity index (χ1v) is 23.7. The molecule has 3 heterocycles. The third-order valence-corrected chi connectivity index (χ3v) is 14.2. The molecule has 0 unspecified atom stereocenters. The van der Waals surface area contributed by atoms with Gasteiger partial charge < -0.3 is 14.1 Å². The number of furan rings is 1. The van der Waals surface area contributed by atoms with Crippen LogP contribution in [0.5, 0.6) is 0 Å². The largest absolute Gasteiger partial charge is 0.455 e. The van der Waals surface area contributed by atoms with Crippen LogP contribution in [0.3, 0.4) is 0 Å². The summed E-state index contributed by atoms with van der Waals surface area (Å²) in [6, 6.07) is 40.7. The Morgan fingerprint density at radius 3 is 1.45 bits per heavy atom. The lowest BCUT2D eigenvalue weighted by Gasteiger charge is -2.46. The lowest BCUT2D eigenvalue weighted by atomic mass is 9.43. The zero-order valence-electron chi connectivity index (χ0n) is 42.2. The summed E-state index contributed by atoms with van der Waals surface area (Å²) in [5.41, 5.74) is 20.6. The van der Waals surface area contributed by atoms with E-state index in [1.54, 1.807) is 0 Å². The second-order valence-electron chi connectivity index (χ2n) is 25.3. The highest BCUT2D eigenvalue weighted by atomic mass is 16.3. The van der Waals surface area contributed by atoms with Crippen molar-refractivity contribution in [2.75, 3.05) is 9.71 Å². The molecule has 0 fully saturated rings. The van der Waals surface area contributed by atoms with E-state index < -0.39 is 0 Å². The van der Waals surface area contributed by atoms with Crippen LogP contribution in [0, 0.1) is 0 Å². The van der Waals surface area contributed by atoms with Gasteiger partial charge in [0, 0.05) is 50.3 Å². The van der Waals surface area contributed by atoms with Crippen LogP contribution in [-0.4, -0.2) is 6.85 Å². The zero-order valence-corrected chi connectivity index (χ0v) is 42.2. The van der Waals surface area contributed by atoms with Crippen molar-refractivity contribution in [1.29, 1.82) is 0 Å². The number of anilines is 5. The van der Waals surface area contributed by atoms with Gasteiger partial charge in [0.15, 0.2) is 0 Å². The van der Waals surface area contributed by atoms with Gasteiger partial charge in [0.1, 0.15) is 11.2 Å². The smallest absolute Gasteiger partial charge is 0.333 e. The third-order valence-electron chi connectivity index (χ3n) is 14.2. The van der Waals surface area contributed by atoms with Gasteiger partial charge in [-0.3, -0.25) is 0 Å². The molecule has 0 spiro atoms. The van der Waals surface area contributed by atoms with Gasteiger partial charge in [0.05, 0.1) is 0 Å². The fourth-order valence-corrected chi connectivity index (χ4v) is 9.94. The molecule has 2 aliphatic rings. The molecule has 0 aliphatic carbocycles. The van der Waals surface area contributed by atoms with E-state index >= 15 is 0 Å². The fourth-order valence-electron chi connectivity index (χ4n) is 9.94. The summed E-state index contributed by atoms with van der Waals surface area (Å²) in [5.74, 6) is 0. The molecule has 1 aromatic heterocycles. The Morgan fingerprint density at radius 1 is 0.391 bits per heavy atom. The standard InChI is InChI=1S/C60H71BN2O/c1-55(2,3)36-19-24-42(25-20-36)63-48-27-22-37(56(4,5)6)33-46(48)52-53-50(35-45-44-32-38(57(7,8)9)23-28-51(44)64-54(45)52)62(49-34-39(58(10,11)12)21-26-47(49)61(53)63)43-30-40(59(13,14)15)29-41(31-43)60(16,17)18/h19-35H,1-18H3. The molecule has 6 aromatic carbocycles. The molecular weight excluding hydrogens is 775 g/mol. The molecule has 0 saturated heterocycles. The Bertz CT molecular complexity index is 2960. The highest BCUT2D eigenvalue weighted by Gasteiger charge is 2.47. The SMILES string of the molecule is CC(C)(C)c1ccc(N2B3c4ccc(C(C)(C)C)cc4N(c4cc(C(C)(C)C)cc(C(C)(C)C)c4)c4cc5c(oc6ccc(C(C)(C)C)cc65)c(c43)-c3cc(C(C)(C)C)ccc32)cc1. The molecule has 3 nitrogen and oxygen atoms in total. The van der Waals surface area contributed by atoms with Gasteiger partial charge in [-0.2, -0.15) is 0 Å². The molecule has 7 aromatic rings. The quantitative estimate of drug-likeness (QED) is 0.162. The molecular formula is C60H71BN2O. The first-order valence-electron chi connectivity index (χ1n) is 23.7. The topological polar surface area (TPSA) is 19.6 Å². The third kappa shape index (κ3) is 7.28. The molecule has 9 rings (SSSR count). The molecule has 0 radical (unpaired) electrons. The maximum atomic E-state index is 7.25. The minimum atomic E-state index is -0.130. The van der Waals surface area contributed by atoms with E-state index in [2.05, 4.69) is 237 Å². The number of benzene rings is 6. The van der Waals surface area contributed by atoms with Gasteiger partial charge in [-0.15, -0.1) is 0 Å². The van der Waals surface area contributed by atoms with Crippen molar-refractivity contribution < 1.29 is 4.42 Å². The number of fused-ring (bicyclic) bond motifs is 8. The highest BCUT2D eigenvalue weighted by Crippen LogP contribution is 2.52. The van der Waals surface area contributed by atoms with Crippen LogP contribution in [0.4, 0.5) is 28.4 Å². The van der Waals surface area contributed by atoms with Crippen molar-refractivity contribution in [2.24, 2.45) is 0 Å². The lowest BCUT2D eigenvalue weighted by molar-refractivity contribution is 0.568. The number of rotatable bonds is 2. The van der Waals surface area contributed by atoms with E-state index in [1.165, 1.54) is 89.3 Å². The van der Waals surface area contributed by atoms with Crippen LogP contribution in [0.15, 0.2) is 108 Å². The van der Waals surface area contributed by atoms with Gasteiger partial charge in [-0.1, -0.05) is 167 Å². The fraction of sp³-hybridized carbons (Fsp3) is 0.400. The molecule has 330 valence electrons. The normalized spacial score (nSPS) is 14.6. The monoisotopic (exact) mass is 847 g/mol. The summed E-state index contributed by atoms with van der Waals surface area (Å²) in [7, 11) is 0. The maximum Gasteiger partial charge on any atom is 0.333 e. The average Bonchev–Trinajstić information content (AvgIpc) is 3.56. The van der Waals surface area contributed by atoms with Crippen LogP contribution >= 0.6 is 0 Å². The van der Waals surface area contributed by atoms with Gasteiger partial charge in [-0.25, -0.2) is 0 Å². The van der Waals surface area contributed by atoms with Crippen LogP contribution < -0.4 is 20.6 Å². The Hall–Kier alpha value is -5.22. The maximum absolute atomic E-state index is 7.25. The van der Waals surface area contributed by atoms with Gasteiger partial charge >= 0.3 is 6.85 Å². The second kappa shape index (κ2) is 14.1. The van der Waals surface area contributed by atoms with Crippen molar-refractivity contribution in [3.63, 3.8) is 0 Å². The minimum Gasteiger partial charge on any atom is -0.455 e. The van der Waals surface area contributed by atoms with Crippen LogP contribution in [-0.2, 0) is 32.5 Å². The molecule has 2 aliphatic heterocycles. The summed E-state index contributed by atoms with van der Waals surface area (Å²) < 4.78 is 7.25. The molecule has 64 heavy (non-hydrogen) atoms. The summed E-state index contributed by atoms with van der Waals surface area (Å²) >= 11 is 0.